The monoisotopic (exact) mass is 281 g/mol. The molecule has 0 saturated heterocycles. The van der Waals surface area contributed by atoms with E-state index in [9.17, 15) is 15.3 Å². The molecule has 2 aromatic carbocycles. The van der Waals surface area contributed by atoms with Crippen LogP contribution in [0.2, 0.25) is 0 Å². The third-order valence-corrected chi connectivity index (χ3v) is 2.94. The molecule has 0 bridgehead atoms. The van der Waals surface area contributed by atoms with Gasteiger partial charge in [-0.15, -0.1) is 0 Å². The summed E-state index contributed by atoms with van der Waals surface area (Å²) in [7, 11) is 0. The van der Waals surface area contributed by atoms with Crippen LogP contribution in [-0.4, -0.2) is 30.3 Å². The van der Waals surface area contributed by atoms with Crippen molar-refractivity contribution in [3.8, 4) is 40.0 Å². The van der Waals surface area contributed by atoms with Crippen LogP contribution in [0, 0.1) is 0 Å². The van der Waals surface area contributed by atoms with Gasteiger partial charge in [0, 0.05) is 6.07 Å². The van der Waals surface area contributed by atoms with E-state index in [1.54, 1.807) is 18.2 Å². The van der Waals surface area contributed by atoms with Gasteiger partial charge >= 0.3 is 0 Å². The molecule has 0 atom stereocenters. The number of hydrogen-bond donors (Lipinski definition) is 3. The van der Waals surface area contributed by atoms with E-state index in [4.69, 9.17) is 0 Å². The Kier molecular flexibility index (Phi) is 3.12. The van der Waals surface area contributed by atoms with E-state index >= 15 is 0 Å². The highest BCUT2D eigenvalue weighted by molar-refractivity contribution is 5.68. The molecule has 104 valence electrons. The fourth-order valence-electron chi connectivity index (χ4n) is 1.93. The van der Waals surface area contributed by atoms with Crippen molar-refractivity contribution in [3.63, 3.8) is 0 Å². The first kappa shape index (κ1) is 12.9. The second-order valence-electron chi connectivity index (χ2n) is 4.35. The highest BCUT2D eigenvalue weighted by atomic mass is 16.3. The molecule has 0 aliphatic rings. The molecule has 6 heteroatoms. The van der Waals surface area contributed by atoms with E-state index in [-0.39, 0.29) is 23.1 Å². The normalized spacial score (nSPS) is 10.5. The zero-order valence-electron chi connectivity index (χ0n) is 10.8. The van der Waals surface area contributed by atoms with Crippen LogP contribution in [0.25, 0.3) is 22.8 Å². The van der Waals surface area contributed by atoms with Crippen LogP contribution in [-0.2, 0) is 0 Å². The van der Waals surface area contributed by atoms with Gasteiger partial charge in [0.1, 0.15) is 23.6 Å². The molecule has 6 nitrogen and oxygen atoms in total. The number of para-hydroxylation sites is 1. The van der Waals surface area contributed by atoms with Gasteiger partial charge in [-0.1, -0.05) is 12.1 Å². The summed E-state index contributed by atoms with van der Waals surface area (Å²) < 4.78 is 0. The molecule has 0 unspecified atom stereocenters. The zero-order valence-corrected chi connectivity index (χ0v) is 10.8. The quantitative estimate of drug-likeness (QED) is 0.666. The number of nitrogens with zero attached hydrogens (tertiary/aromatic N) is 3. The first-order valence-electron chi connectivity index (χ1n) is 6.15. The molecule has 21 heavy (non-hydrogen) atoms. The van der Waals surface area contributed by atoms with Crippen LogP contribution in [0.15, 0.2) is 48.8 Å². The van der Waals surface area contributed by atoms with Gasteiger partial charge in [0.25, 0.3) is 0 Å². The van der Waals surface area contributed by atoms with Crippen LogP contribution >= 0.6 is 0 Å². The molecule has 1 heterocycles. The van der Waals surface area contributed by atoms with Crippen molar-refractivity contribution < 1.29 is 15.3 Å². The highest BCUT2D eigenvalue weighted by Gasteiger charge is 2.12. The average molecular weight is 281 g/mol. The summed E-state index contributed by atoms with van der Waals surface area (Å²) in [6, 6.07) is 10.8. The lowest BCUT2D eigenvalue weighted by Crippen LogP contribution is -1.95. The Hall–Kier alpha value is -3.15. The molecule has 0 aliphatic heterocycles. The Morgan fingerprint density at radius 3 is 2.05 bits per heavy atom. The molecule has 3 aromatic rings. The molecular formula is C15H11N3O3. The van der Waals surface area contributed by atoms with Crippen LogP contribution in [0.1, 0.15) is 0 Å². The van der Waals surface area contributed by atoms with Gasteiger partial charge in [0.05, 0.1) is 11.1 Å². The molecule has 0 saturated carbocycles. The molecule has 3 N–H and O–H groups in total. The van der Waals surface area contributed by atoms with E-state index in [2.05, 4.69) is 15.0 Å². The molecule has 0 amide bonds. The average Bonchev–Trinajstić information content (AvgIpc) is 2.48. The number of aromatic hydroxyl groups is 3. The lowest BCUT2D eigenvalue weighted by atomic mass is 10.1. The maximum Gasteiger partial charge on any atom is 0.167 e. The van der Waals surface area contributed by atoms with E-state index < -0.39 is 0 Å². The molecule has 0 radical (unpaired) electrons. The van der Waals surface area contributed by atoms with Crippen LogP contribution in [0.5, 0.6) is 17.2 Å². The topological polar surface area (TPSA) is 99.4 Å². The van der Waals surface area contributed by atoms with Gasteiger partial charge < -0.3 is 15.3 Å². The first-order chi connectivity index (χ1) is 10.1. The number of rotatable bonds is 2. The second-order valence-corrected chi connectivity index (χ2v) is 4.35. The van der Waals surface area contributed by atoms with Gasteiger partial charge in [-0.05, 0) is 24.3 Å². The predicted octanol–water partition coefficient (Wildman–Crippen LogP) is 2.32. The minimum absolute atomic E-state index is 0.0498. The molecular weight excluding hydrogens is 270 g/mol. The maximum atomic E-state index is 9.85. The van der Waals surface area contributed by atoms with E-state index in [0.717, 1.165) is 0 Å². The fourth-order valence-corrected chi connectivity index (χ4v) is 1.93. The molecule has 0 aliphatic carbocycles. The maximum absolute atomic E-state index is 9.85. The van der Waals surface area contributed by atoms with Crippen LogP contribution < -0.4 is 0 Å². The zero-order chi connectivity index (χ0) is 14.8. The predicted molar refractivity (Wildman–Crippen MR) is 75.7 cm³/mol. The third kappa shape index (κ3) is 2.46. The van der Waals surface area contributed by atoms with Gasteiger partial charge in [0.15, 0.2) is 11.6 Å². The standard InChI is InChI=1S/C15H11N3O3/c19-9-5-6-11(13(21)7-9)15-17-8-16-14(18-15)10-3-1-2-4-12(10)20/h1-8,19-21H. The van der Waals surface area contributed by atoms with Crippen molar-refractivity contribution in [3.05, 3.63) is 48.8 Å². The van der Waals surface area contributed by atoms with Crippen molar-refractivity contribution in [2.24, 2.45) is 0 Å². The number of phenolic OH excluding ortho intramolecular Hbond substituents is 3. The van der Waals surface area contributed by atoms with E-state index in [0.29, 0.717) is 17.0 Å². The Morgan fingerprint density at radius 2 is 1.38 bits per heavy atom. The van der Waals surface area contributed by atoms with Gasteiger partial charge in [-0.2, -0.15) is 0 Å². The molecule has 1 aromatic heterocycles. The molecule has 0 fully saturated rings. The van der Waals surface area contributed by atoms with E-state index in [1.165, 1.54) is 30.6 Å². The number of hydrogen-bond acceptors (Lipinski definition) is 6. The number of phenols is 3. The lowest BCUT2D eigenvalue weighted by Gasteiger charge is -2.06. The van der Waals surface area contributed by atoms with Crippen molar-refractivity contribution in [1.82, 2.24) is 15.0 Å². The Bertz CT molecular complexity index is 806. The van der Waals surface area contributed by atoms with Crippen molar-refractivity contribution >= 4 is 0 Å². The highest BCUT2D eigenvalue weighted by Crippen LogP contribution is 2.31. The van der Waals surface area contributed by atoms with Crippen molar-refractivity contribution in [1.29, 1.82) is 0 Å². The largest absolute Gasteiger partial charge is 0.508 e. The van der Waals surface area contributed by atoms with Gasteiger partial charge in [-0.3, -0.25) is 0 Å². The minimum Gasteiger partial charge on any atom is -0.508 e. The SMILES string of the molecule is Oc1ccc(-c2ncnc(-c3ccccc3O)n2)c(O)c1. The second kappa shape index (κ2) is 5.09. The minimum atomic E-state index is -0.135. The van der Waals surface area contributed by atoms with Crippen molar-refractivity contribution in [2.45, 2.75) is 0 Å². The van der Waals surface area contributed by atoms with Crippen LogP contribution in [0.3, 0.4) is 0 Å². The number of aromatic nitrogens is 3. The van der Waals surface area contributed by atoms with Gasteiger partial charge in [0.2, 0.25) is 0 Å². The summed E-state index contributed by atoms with van der Waals surface area (Å²) >= 11 is 0. The molecule has 0 spiro atoms. The summed E-state index contributed by atoms with van der Waals surface area (Å²) in [4.78, 5) is 12.3. The summed E-state index contributed by atoms with van der Waals surface area (Å²) in [5.74, 6) is 0.423. The Balaban J connectivity index is 2.11. The van der Waals surface area contributed by atoms with Crippen LogP contribution in [0.4, 0.5) is 0 Å². The Morgan fingerprint density at radius 1 is 0.714 bits per heavy atom. The van der Waals surface area contributed by atoms with Crippen molar-refractivity contribution in [2.75, 3.05) is 0 Å². The number of benzene rings is 2. The Labute approximate surface area is 120 Å². The molecule has 3 rings (SSSR count). The fraction of sp³-hybridized carbons (Fsp3) is 0. The summed E-state index contributed by atoms with van der Waals surface area (Å²) in [5.41, 5.74) is 0.839. The lowest BCUT2D eigenvalue weighted by molar-refractivity contribution is 0.451. The van der Waals surface area contributed by atoms with Gasteiger partial charge in [-0.25, -0.2) is 15.0 Å². The first-order valence-corrected chi connectivity index (χ1v) is 6.15. The summed E-state index contributed by atoms with van der Waals surface area (Å²) in [6.07, 6.45) is 1.30. The summed E-state index contributed by atoms with van der Waals surface area (Å²) in [6.45, 7) is 0. The van der Waals surface area contributed by atoms with E-state index in [1.807, 2.05) is 0 Å². The smallest absolute Gasteiger partial charge is 0.167 e. The summed E-state index contributed by atoms with van der Waals surface area (Å²) in [5, 5.41) is 29.0. The third-order valence-electron chi connectivity index (χ3n) is 2.94.